The standard InChI is InChI=1S/C23H25N7O2S/c1-33(31,32)28-20-5-2-17(3-6-20)15-29-8-10-30(11-9-29)23-21-12-18(19-13-26-27-14-19)4-7-22(21)24-16-25-23/h2-7,12-14,16,28H,8-11,15H2,1H3,(H,26,27). The van der Waals surface area contributed by atoms with Crippen molar-refractivity contribution in [1.82, 2.24) is 25.1 Å². The van der Waals surface area contributed by atoms with Crippen molar-refractivity contribution in [3.05, 3.63) is 66.7 Å². The highest BCUT2D eigenvalue weighted by Gasteiger charge is 2.20. The fraction of sp³-hybridized carbons (Fsp3) is 0.261. The van der Waals surface area contributed by atoms with Crippen molar-refractivity contribution in [3.63, 3.8) is 0 Å². The lowest BCUT2D eigenvalue weighted by molar-refractivity contribution is 0.249. The molecule has 0 atom stereocenters. The number of nitrogens with zero attached hydrogens (tertiary/aromatic N) is 5. The maximum absolute atomic E-state index is 11.4. The summed E-state index contributed by atoms with van der Waals surface area (Å²) in [5.74, 6) is 0.959. The maximum atomic E-state index is 11.4. The van der Waals surface area contributed by atoms with Crippen LogP contribution in [0, 0.1) is 0 Å². The van der Waals surface area contributed by atoms with Crippen LogP contribution in [0.15, 0.2) is 61.2 Å². The Kier molecular flexibility index (Phi) is 5.69. The second-order valence-electron chi connectivity index (χ2n) is 8.25. The molecule has 4 aromatic rings. The molecule has 9 nitrogen and oxygen atoms in total. The molecule has 1 fully saturated rings. The van der Waals surface area contributed by atoms with Gasteiger partial charge in [-0.1, -0.05) is 18.2 Å². The molecule has 0 unspecified atom stereocenters. The largest absolute Gasteiger partial charge is 0.353 e. The van der Waals surface area contributed by atoms with Gasteiger partial charge in [0.2, 0.25) is 10.0 Å². The minimum atomic E-state index is -3.26. The van der Waals surface area contributed by atoms with Gasteiger partial charge in [0.1, 0.15) is 12.1 Å². The lowest BCUT2D eigenvalue weighted by atomic mass is 10.1. The lowest BCUT2D eigenvalue weighted by Gasteiger charge is -2.35. The highest BCUT2D eigenvalue weighted by molar-refractivity contribution is 7.92. The van der Waals surface area contributed by atoms with Crippen molar-refractivity contribution in [2.45, 2.75) is 6.54 Å². The summed E-state index contributed by atoms with van der Waals surface area (Å²) >= 11 is 0. The number of rotatable bonds is 6. The van der Waals surface area contributed by atoms with E-state index in [0.717, 1.165) is 72.4 Å². The molecule has 2 aromatic carbocycles. The molecule has 3 heterocycles. The lowest BCUT2D eigenvalue weighted by Crippen LogP contribution is -2.46. The van der Waals surface area contributed by atoms with Crippen LogP contribution in [0.4, 0.5) is 11.5 Å². The average Bonchev–Trinajstić information content (AvgIpc) is 3.34. The van der Waals surface area contributed by atoms with E-state index >= 15 is 0 Å². The molecular formula is C23H25N7O2S. The van der Waals surface area contributed by atoms with E-state index < -0.39 is 10.0 Å². The van der Waals surface area contributed by atoms with Gasteiger partial charge in [-0.15, -0.1) is 0 Å². The number of hydrogen-bond acceptors (Lipinski definition) is 7. The Balaban J connectivity index is 1.27. The van der Waals surface area contributed by atoms with Crippen molar-refractivity contribution < 1.29 is 8.42 Å². The molecule has 0 bridgehead atoms. The average molecular weight is 464 g/mol. The number of hydrogen-bond donors (Lipinski definition) is 2. The van der Waals surface area contributed by atoms with Gasteiger partial charge in [0.15, 0.2) is 0 Å². The van der Waals surface area contributed by atoms with E-state index in [0.29, 0.717) is 5.69 Å². The van der Waals surface area contributed by atoms with Gasteiger partial charge >= 0.3 is 0 Å². The van der Waals surface area contributed by atoms with E-state index in [2.05, 4.69) is 46.8 Å². The van der Waals surface area contributed by atoms with E-state index in [1.165, 1.54) is 0 Å². The van der Waals surface area contributed by atoms with Gasteiger partial charge in [-0.2, -0.15) is 5.10 Å². The topological polar surface area (TPSA) is 107 Å². The van der Waals surface area contributed by atoms with Crippen LogP contribution in [-0.4, -0.2) is 65.9 Å². The monoisotopic (exact) mass is 463 g/mol. The highest BCUT2D eigenvalue weighted by Crippen LogP contribution is 2.29. The Morgan fingerprint density at radius 1 is 1.00 bits per heavy atom. The first-order valence-electron chi connectivity index (χ1n) is 10.7. The Hall–Kier alpha value is -3.50. The van der Waals surface area contributed by atoms with Crippen molar-refractivity contribution in [3.8, 4) is 11.1 Å². The minimum absolute atomic E-state index is 0.580. The number of piperazine rings is 1. The Labute approximate surface area is 192 Å². The third kappa shape index (κ3) is 4.96. The number of nitrogens with one attached hydrogen (secondary N) is 2. The summed E-state index contributed by atoms with van der Waals surface area (Å²) in [6.45, 7) is 4.39. The molecule has 0 amide bonds. The van der Waals surface area contributed by atoms with Crippen LogP contribution in [-0.2, 0) is 16.6 Å². The predicted octanol–water partition coefficient (Wildman–Crippen LogP) is 2.71. The maximum Gasteiger partial charge on any atom is 0.229 e. The molecule has 10 heteroatoms. The Morgan fingerprint density at radius 2 is 1.79 bits per heavy atom. The van der Waals surface area contributed by atoms with Crippen molar-refractivity contribution in [1.29, 1.82) is 0 Å². The number of aromatic amines is 1. The summed E-state index contributed by atoms with van der Waals surface area (Å²) < 4.78 is 25.2. The first-order chi connectivity index (χ1) is 15.9. The van der Waals surface area contributed by atoms with Gasteiger partial charge in [-0.3, -0.25) is 14.7 Å². The molecule has 0 spiro atoms. The van der Waals surface area contributed by atoms with Gasteiger partial charge in [0.05, 0.1) is 18.0 Å². The Morgan fingerprint density at radius 3 is 2.48 bits per heavy atom. The number of benzene rings is 2. The van der Waals surface area contributed by atoms with Crippen LogP contribution in [0.1, 0.15) is 5.56 Å². The quantitative estimate of drug-likeness (QED) is 0.453. The first kappa shape index (κ1) is 21.4. The molecular weight excluding hydrogens is 438 g/mol. The summed E-state index contributed by atoms with van der Waals surface area (Å²) in [6, 6.07) is 13.8. The number of anilines is 2. The molecule has 2 aromatic heterocycles. The van der Waals surface area contributed by atoms with E-state index in [9.17, 15) is 8.42 Å². The molecule has 0 radical (unpaired) electrons. The smallest absolute Gasteiger partial charge is 0.229 e. The van der Waals surface area contributed by atoms with E-state index in [-0.39, 0.29) is 0 Å². The highest BCUT2D eigenvalue weighted by atomic mass is 32.2. The number of sulfonamides is 1. The van der Waals surface area contributed by atoms with Crippen LogP contribution in [0.25, 0.3) is 22.0 Å². The fourth-order valence-electron chi connectivity index (χ4n) is 4.15. The Bertz CT molecular complexity index is 1350. The van der Waals surface area contributed by atoms with Gasteiger partial charge < -0.3 is 4.90 Å². The van der Waals surface area contributed by atoms with Gasteiger partial charge in [0.25, 0.3) is 0 Å². The summed E-state index contributed by atoms with van der Waals surface area (Å²) in [6.07, 6.45) is 6.48. The second-order valence-corrected chi connectivity index (χ2v) is 10.00. The number of H-pyrrole nitrogens is 1. The first-order valence-corrected chi connectivity index (χ1v) is 12.6. The molecule has 33 heavy (non-hydrogen) atoms. The zero-order chi connectivity index (χ0) is 22.8. The fourth-order valence-corrected chi connectivity index (χ4v) is 4.72. The number of aromatic nitrogens is 4. The van der Waals surface area contributed by atoms with Gasteiger partial charge in [0, 0.05) is 55.6 Å². The van der Waals surface area contributed by atoms with Crippen LogP contribution < -0.4 is 9.62 Å². The third-order valence-corrected chi connectivity index (χ3v) is 6.39. The van der Waals surface area contributed by atoms with Crippen LogP contribution >= 0.6 is 0 Å². The molecule has 1 saturated heterocycles. The summed E-state index contributed by atoms with van der Waals surface area (Å²) in [5, 5.41) is 7.96. The normalized spacial score (nSPS) is 15.1. The van der Waals surface area contributed by atoms with Gasteiger partial charge in [-0.25, -0.2) is 18.4 Å². The van der Waals surface area contributed by atoms with Crippen LogP contribution in [0.3, 0.4) is 0 Å². The zero-order valence-electron chi connectivity index (χ0n) is 18.3. The number of fused-ring (bicyclic) bond motifs is 1. The minimum Gasteiger partial charge on any atom is -0.353 e. The molecule has 1 aliphatic rings. The molecule has 0 aliphatic carbocycles. The molecule has 170 valence electrons. The molecule has 1 aliphatic heterocycles. The molecule has 5 rings (SSSR count). The predicted molar refractivity (Wildman–Crippen MR) is 130 cm³/mol. The third-order valence-electron chi connectivity index (χ3n) is 5.78. The summed E-state index contributed by atoms with van der Waals surface area (Å²) in [4.78, 5) is 13.8. The van der Waals surface area contributed by atoms with Crippen molar-refractivity contribution >= 4 is 32.4 Å². The van der Waals surface area contributed by atoms with Crippen molar-refractivity contribution in [2.75, 3.05) is 42.1 Å². The van der Waals surface area contributed by atoms with Gasteiger partial charge in [-0.05, 0) is 35.4 Å². The van der Waals surface area contributed by atoms with Crippen LogP contribution in [0.2, 0.25) is 0 Å². The van der Waals surface area contributed by atoms with E-state index in [1.54, 1.807) is 18.5 Å². The molecule has 0 saturated carbocycles. The molecule has 2 N–H and O–H groups in total. The van der Waals surface area contributed by atoms with Crippen molar-refractivity contribution in [2.24, 2.45) is 0 Å². The summed E-state index contributed by atoms with van der Waals surface area (Å²) in [7, 11) is -3.26. The SMILES string of the molecule is CS(=O)(=O)Nc1ccc(CN2CCN(c3ncnc4ccc(-c5cn[nH]c5)cc34)CC2)cc1. The van der Waals surface area contributed by atoms with E-state index in [4.69, 9.17) is 0 Å². The van der Waals surface area contributed by atoms with E-state index in [1.807, 2.05) is 30.6 Å². The second kappa shape index (κ2) is 8.80. The zero-order valence-corrected chi connectivity index (χ0v) is 19.1. The van der Waals surface area contributed by atoms with Crippen LogP contribution in [0.5, 0.6) is 0 Å². The summed E-state index contributed by atoms with van der Waals surface area (Å²) in [5.41, 5.74) is 4.78.